The summed E-state index contributed by atoms with van der Waals surface area (Å²) < 4.78 is 4.93. The van der Waals surface area contributed by atoms with Crippen molar-refractivity contribution in [3.63, 3.8) is 0 Å². The minimum atomic E-state index is -1.59. The molecule has 0 amide bonds. The number of hydrogen-bond donors (Lipinski definition) is 1. The molecule has 0 heterocycles. The highest BCUT2D eigenvalue weighted by molar-refractivity contribution is 6.35. The van der Waals surface area contributed by atoms with Crippen molar-refractivity contribution in [1.82, 2.24) is 0 Å². The van der Waals surface area contributed by atoms with Gasteiger partial charge >= 0.3 is 5.97 Å². The van der Waals surface area contributed by atoms with Crippen molar-refractivity contribution in [2.75, 3.05) is 0 Å². The largest absolute Gasteiger partial charge is 0.478 e. The topological polar surface area (TPSA) is 107 Å². The monoisotopic (exact) mass is 369 g/mol. The molecule has 0 saturated heterocycles. The van der Waals surface area contributed by atoms with E-state index < -0.39 is 22.2 Å². The summed E-state index contributed by atoms with van der Waals surface area (Å²) in [7, 11) is 0. The molecule has 0 bridgehead atoms. The number of ketones is 1. The number of carbonyl (C=O) groups is 2. The van der Waals surface area contributed by atoms with Crippen molar-refractivity contribution in [2.45, 2.75) is 5.56 Å². The van der Waals surface area contributed by atoms with Gasteiger partial charge in [-0.15, -0.1) is 0 Å². The Morgan fingerprint density at radius 2 is 1.79 bits per heavy atom. The fourth-order valence-electron chi connectivity index (χ4n) is 1.81. The Labute approximate surface area is 145 Å². The highest BCUT2D eigenvalue weighted by Crippen LogP contribution is 2.26. The number of alkyl halides is 1. The second-order valence-electron chi connectivity index (χ2n) is 4.55. The summed E-state index contributed by atoms with van der Waals surface area (Å²) in [4.78, 5) is 33.0. The average molecular weight is 370 g/mol. The van der Waals surface area contributed by atoms with Gasteiger partial charge < -0.3 is 9.84 Å². The molecule has 1 unspecified atom stereocenters. The molecule has 1 N–H and O–H groups in total. The van der Waals surface area contributed by atoms with E-state index in [1.807, 2.05) is 0 Å². The van der Waals surface area contributed by atoms with Crippen LogP contribution >= 0.6 is 23.2 Å². The lowest BCUT2D eigenvalue weighted by atomic mass is 10.0. The van der Waals surface area contributed by atoms with Crippen molar-refractivity contribution in [2.24, 2.45) is 0 Å². The van der Waals surface area contributed by atoms with Crippen LogP contribution in [0.4, 0.5) is 5.69 Å². The molecule has 2 rings (SSSR count). The van der Waals surface area contributed by atoms with Gasteiger partial charge in [0.1, 0.15) is 5.75 Å². The summed E-state index contributed by atoms with van der Waals surface area (Å²) in [5.74, 6) is -1.72. The first-order chi connectivity index (χ1) is 11.3. The molecule has 0 aliphatic carbocycles. The number of nitrogens with zero attached hydrogens (tertiary/aromatic N) is 1. The van der Waals surface area contributed by atoms with Gasteiger partial charge in [-0.3, -0.25) is 14.9 Å². The maximum atomic E-state index is 12.4. The van der Waals surface area contributed by atoms with E-state index in [9.17, 15) is 19.7 Å². The molecule has 0 aliphatic rings. The number of ether oxygens (including phenoxy) is 1. The van der Waals surface area contributed by atoms with Crippen LogP contribution in [0.15, 0.2) is 42.5 Å². The summed E-state index contributed by atoms with van der Waals surface area (Å²) in [6.07, 6.45) is 0. The second kappa shape index (κ2) is 7.29. The van der Waals surface area contributed by atoms with E-state index in [2.05, 4.69) is 0 Å². The van der Waals surface area contributed by atoms with Crippen molar-refractivity contribution < 1.29 is 24.4 Å². The van der Waals surface area contributed by atoms with Crippen molar-refractivity contribution in [1.29, 1.82) is 0 Å². The SMILES string of the molecule is O=C(c1ccc([N+](=O)[O-])cc1)c1ccc(OC(Cl)C(=O)O)cc1Cl. The van der Waals surface area contributed by atoms with Gasteiger partial charge in [0.25, 0.3) is 11.3 Å². The number of aliphatic carboxylic acids is 1. The first-order valence-corrected chi connectivity index (χ1v) is 7.23. The molecule has 0 spiro atoms. The van der Waals surface area contributed by atoms with E-state index in [0.717, 1.165) is 0 Å². The van der Waals surface area contributed by atoms with E-state index in [1.165, 1.54) is 42.5 Å². The van der Waals surface area contributed by atoms with Crippen LogP contribution in [-0.4, -0.2) is 27.3 Å². The minimum absolute atomic E-state index is 0.0325. The molecular weight excluding hydrogens is 361 g/mol. The number of nitro groups is 1. The lowest BCUT2D eigenvalue weighted by Crippen LogP contribution is -2.20. The van der Waals surface area contributed by atoms with Gasteiger partial charge in [-0.05, 0) is 30.3 Å². The van der Waals surface area contributed by atoms with Crippen LogP contribution in [0.5, 0.6) is 5.75 Å². The summed E-state index contributed by atoms with van der Waals surface area (Å²) in [6, 6.07) is 9.03. The van der Waals surface area contributed by atoms with Crippen molar-refractivity contribution in [3.05, 3.63) is 68.7 Å². The summed E-state index contributed by atoms with van der Waals surface area (Å²) in [6.45, 7) is 0. The number of hydrogen-bond acceptors (Lipinski definition) is 5. The lowest BCUT2D eigenvalue weighted by Gasteiger charge is -2.10. The van der Waals surface area contributed by atoms with Gasteiger partial charge in [0, 0.05) is 23.3 Å². The predicted molar refractivity (Wildman–Crippen MR) is 85.9 cm³/mol. The molecular formula is C15H9Cl2NO6. The van der Waals surface area contributed by atoms with E-state index in [-0.39, 0.29) is 27.6 Å². The van der Waals surface area contributed by atoms with E-state index in [1.54, 1.807) is 0 Å². The Morgan fingerprint density at radius 1 is 1.17 bits per heavy atom. The zero-order valence-electron chi connectivity index (χ0n) is 11.8. The number of halogens is 2. The number of carbonyl (C=O) groups excluding carboxylic acids is 1. The first-order valence-electron chi connectivity index (χ1n) is 6.42. The zero-order valence-corrected chi connectivity index (χ0v) is 13.3. The molecule has 24 heavy (non-hydrogen) atoms. The smallest absolute Gasteiger partial charge is 0.360 e. The highest BCUT2D eigenvalue weighted by atomic mass is 35.5. The number of carboxylic acids is 1. The maximum absolute atomic E-state index is 12.4. The van der Waals surface area contributed by atoms with Crippen LogP contribution in [0.2, 0.25) is 5.02 Å². The minimum Gasteiger partial charge on any atom is -0.478 e. The normalized spacial score (nSPS) is 11.6. The Hall–Kier alpha value is -2.64. The molecule has 2 aromatic rings. The predicted octanol–water partition coefficient (Wildman–Crippen LogP) is 3.51. The zero-order chi connectivity index (χ0) is 17.9. The Bertz CT molecular complexity index is 806. The van der Waals surface area contributed by atoms with Crippen LogP contribution in [0, 0.1) is 10.1 Å². The highest BCUT2D eigenvalue weighted by Gasteiger charge is 2.18. The van der Waals surface area contributed by atoms with Crippen LogP contribution < -0.4 is 4.74 Å². The molecule has 0 saturated carbocycles. The fraction of sp³-hybridized carbons (Fsp3) is 0.0667. The number of carboxylic acid groups (broad SMARTS) is 1. The number of benzene rings is 2. The van der Waals surface area contributed by atoms with Crippen LogP contribution in [0.1, 0.15) is 15.9 Å². The van der Waals surface area contributed by atoms with Gasteiger partial charge in [-0.25, -0.2) is 4.79 Å². The Morgan fingerprint density at radius 3 is 2.29 bits per heavy atom. The molecule has 0 fully saturated rings. The summed E-state index contributed by atoms with van der Waals surface area (Å²) in [5, 5.41) is 19.3. The second-order valence-corrected chi connectivity index (χ2v) is 5.35. The Kier molecular flexibility index (Phi) is 5.38. The van der Waals surface area contributed by atoms with Crippen LogP contribution in [-0.2, 0) is 4.79 Å². The third kappa shape index (κ3) is 4.01. The Balaban J connectivity index is 2.23. The number of rotatable bonds is 6. The molecule has 9 heteroatoms. The third-order valence-corrected chi connectivity index (χ3v) is 3.55. The number of non-ortho nitro benzene ring substituents is 1. The van der Waals surface area contributed by atoms with Crippen LogP contribution in [0.3, 0.4) is 0 Å². The van der Waals surface area contributed by atoms with Crippen molar-refractivity contribution >= 4 is 40.6 Å². The molecule has 2 aromatic carbocycles. The van der Waals surface area contributed by atoms with Gasteiger partial charge in [-0.1, -0.05) is 23.2 Å². The lowest BCUT2D eigenvalue weighted by molar-refractivity contribution is -0.384. The van der Waals surface area contributed by atoms with Gasteiger partial charge in [0.2, 0.25) is 0 Å². The van der Waals surface area contributed by atoms with Crippen LogP contribution in [0.25, 0.3) is 0 Å². The molecule has 0 aliphatic heterocycles. The fourth-order valence-corrected chi connectivity index (χ4v) is 2.17. The van der Waals surface area contributed by atoms with E-state index in [0.29, 0.717) is 0 Å². The van der Waals surface area contributed by atoms with E-state index >= 15 is 0 Å². The summed E-state index contributed by atoms with van der Waals surface area (Å²) in [5.41, 5.74) is -1.36. The molecule has 0 radical (unpaired) electrons. The van der Waals surface area contributed by atoms with Crippen molar-refractivity contribution in [3.8, 4) is 5.75 Å². The van der Waals surface area contributed by atoms with Gasteiger partial charge in [0.05, 0.1) is 9.95 Å². The number of nitro benzene ring substituents is 1. The molecule has 1 atom stereocenters. The van der Waals surface area contributed by atoms with Gasteiger partial charge in [0.15, 0.2) is 5.78 Å². The first kappa shape index (κ1) is 17.7. The third-order valence-electron chi connectivity index (χ3n) is 2.96. The van der Waals surface area contributed by atoms with E-state index in [4.69, 9.17) is 33.0 Å². The molecule has 7 nitrogen and oxygen atoms in total. The molecule has 124 valence electrons. The maximum Gasteiger partial charge on any atom is 0.360 e. The quantitative estimate of drug-likeness (QED) is 0.361. The summed E-state index contributed by atoms with van der Waals surface area (Å²) >= 11 is 11.5. The van der Waals surface area contributed by atoms with Gasteiger partial charge in [-0.2, -0.15) is 0 Å². The standard InChI is InChI=1S/C15H9Cl2NO6/c16-12-7-10(24-14(17)15(20)21)5-6-11(12)13(19)8-1-3-9(4-2-8)18(22)23/h1-7,14H,(H,20,21). The molecule has 0 aromatic heterocycles. The average Bonchev–Trinajstić information content (AvgIpc) is 2.54.